The van der Waals surface area contributed by atoms with Gasteiger partial charge in [-0.15, -0.1) is 11.8 Å². The molecule has 14 heavy (non-hydrogen) atoms. The van der Waals surface area contributed by atoms with Crippen LogP contribution in [-0.2, 0) is 0 Å². The second-order valence-corrected chi connectivity index (χ2v) is 4.58. The van der Waals surface area contributed by atoms with Crippen molar-refractivity contribution >= 4 is 23.5 Å². The summed E-state index contributed by atoms with van der Waals surface area (Å²) in [5, 5.41) is 19.7. The second-order valence-electron chi connectivity index (χ2n) is 2.68. The maximum absolute atomic E-state index is 9.45. The minimum absolute atomic E-state index is 0.412. The van der Waals surface area contributed by atoms with Crippen LogP contribution in [0.5, 0.6) is 0 Å². The van der Waals surface area contributed by atoms with E-state index in [4.69, 9.17) is 5.26 Å². The fourth-order valence-electron chi connectivity index (χ4n) is 0.891. The number of thioether (sulfide) groups is 2. The first-order chi connectivity index (χ1) is 6.83. The van der Waals surface area contributed by atoms with Crippen molar-refractivity contribution in [2.24, 2.45) is 0 Å². The van der Waals surface area contributed by atoms with Crippen molar-refractivity contribution in [1.29, 1.82) is 5.26 Å². The number of benzene rings is 1. The Morgan fingerprint density at radius 3 is 2.64 bits per heavy atom. The summed E-state index contributed by atoms with van der Waals surface area (Å²) in [6.45, 7) is 0. The summed E-state index contributed by atoms with van der Waals surface area (Å²) in [6, 6.07) is 9.92. The quantitative estimate of drug-likeness (QED) is 0.617. The lowest BCUT2D eigenvalue weighted by molar-refractivity contribution is 0.225. The first-order valence-corrected chi connectivity index (χ1v) is 6.17. The van der Waals surface area contributed by atoms with Gasteiger partial charge in [0.2, 0.25) is 0 Å². The predicted molar refractivity (Wildman–Crippen MR) is 61.2 cm³/mol. The van der Waals surface area contributed by atoms with Gasteiger partial charge in [0.1, 0.15) is 5.40 Å². The minimum Gasteiger partial charge on any atom is -0.391 e. The zero-order valence-electron chi connectivity index (χ0n) is 7.59. The van der Waals surface area contributed by atoms with Crippen LogP contribution in [0, 0.1) is 10.7 Å². The van der Waals surface area contributed by atoms with Crippen molar-refractivity contribution in [1.82, 2.24) is 0 Å². The highest BCUT2D eigenvalue weighted by Gasteiger charge is 2.04. The maximum atomic E-state index is 9.45. The van der Waals surface area contributed by atoms with Gasteiger partial charge in [0.05, 0.1) is 6.10 Å². The fourth-order valence-corrected chi connectivity index (χ4v) is 2.28. The molecule has 2 nitrogen and oxygen atoms in total. The Labute approximate surface area is 92.3 Å². The first-order valence-electron chi connectivity index (χ1n) is 4.19. The topological polar surface area (TPSA) is 44.0 Å². The van der Waals surface area contributed by atoms with Crippen LogP contribution in [0.25, 0.3) is 0 Å². The molecule has 0 radical (unpaired) electrons. The van der Waals surface area contributed by atoms with Gasteiger partial charge in [-0.05, 0) is 23.9 Å². The molecule has 0 amide bonds. The van der Waals surface area contributed by atoms with Crippen LogP contribution in [0.4, 0.5) is 0 Å². The minimum atomic E-state index is -0.412. The molecule has 0 aliphatic rings. The molecular weight excluding hydrogens is 214 g/mol. The van der Waals surface area contributed by atoms with Crippen LogP contribution < -0.4 is 0 Å². The van der Waals surface area contributed by atoms with Gasteiger partial charge >= 0.3 is 0 Å². The van der Waals surface area contributed by atoms with Gasteiger partial charge in [-0.3, -0.25) is 0 Å². The van der Waals surface area contributed by atoms with Crippen LogP contribution in [0.2, 0.25) is 0 Å². The number of aliphatic hydroxyl groups excluding tert-OH is 1. The van der Waals surface area contributed by atoms with E-state index in [0.717, 1.165) is 16.7 Å². The molecule has 1 atom stereocenters. The summed E-state index contributed by atoms with van der Waals surface area (Å²) in [5.74, 6) is 1.12. The predicted octanol–water partition coefficient (Wildman–Crippen LogP) is 2.35. The Kier molecular flexibility index (Phi) is 5.53. The van der Waals surface area contributed by atoms with Crippen molar-refractivity contribution in [3.63, 3.8) is 0 Å². The Morgan fingerprint density at radius 1 is 1.29 bits per heavy atom. The molecule has 74 valence electrons. The lowest BCUT2D eigenvalue weighted by Crippen LogP contribution is -2.12. The molecule has 0 saturated carbocycles. The largest absolute Gasteiger partial charge is 0.391 e. The molecule has 0 aliphatic heterocycles. The molecule has 0 heterocycles. The monoisotopic (exact) mass is 225 g/mol. The molecule has 0 fully saturated rings. The maximum Gasteiger partial charge on any atom is 0.133 e. The molecular formula is C10H11NOS2. The summed E-state index contributed by atoms with van der Waals surface area (Å²) in [6.07, 6.45) is -0.412. The van der Waals surface area contributed by atoms with Crippen molar-refractivity contribution in [3.05, 3.63) is 30.3 Å². The molecule has 1 aromatic carbocycles. The van der Waals surface area contributed by atoms with E-state index in [2.05, 4.69) is 0 Å². The van der Waals surface area contributed by atoms with Gasteiger partial charge in [0.15, 0.2) is 0 Å². The highest BCUT2D eigenvalue weighted by molar-refractivity contribution is 8.03. The molecule has 0 spiro atoms. The summed E-state index contributed by atoms with van der Waals surface area (Å²) >= 11 is 2.70. The van der Waals surface area contributed by atoms with Crippen LogP contribution in [0.15, 0.2) is 35.2 Å². The van der Waals surface area contributed by atoms with E-state index in [1.807, 2.05) is 35.7 Å². The lowest BCUT2D eigenvalue weighted by atomic mass is 10.4. The molecule has 1 N–H and O–H groups in total. The number of hydrogen-bond acceptors (Lipinski definition) is 4. The van der Waals surface area contributed by atoms with Gasteiger partial charge in [-0.2, -0.15) is 5.26 Å². The number of hydrogen-bond donors (Lipinski definition) is 1. The molecule has 0 bridgehead atoms. The van der Waals surface area contributed by atoms with E-state index in [9.17, 15) is 5.11 Å². The average molecular weight is 225 g/mol. The Balaban J connectivity index is 2.24. The van der Waals surface area contributed by atoms with Crippen LogP contribution in [0.1, 0.15) is 0 Å². The zero-order valence-corrected chi connectivity index (χ0v) is 9.22. The first kappa shape index (κ1) is 11.4. The Morgan fingerprint density at radius 2 is 2.00 bits per heavy atom. The third-order valence-corrected chi connectivity index (χ3v) is 3.36. The smallest absolute Gasteiger partial charge is 0.133 e. The average Bonchev–Trinajstić information content (AvgIpc) is 2.25. The lowest BCUT2D eigenvalue weighted by Gasteiger charge is -2.06. The number of rotatable bonds is 5. The van der Waals surface area contributed by atoms with Crippen LogP contribution in [-0.4, -0.2) is 22.7 Å². The Bertz CT molecular complexity index is 297. The van der Waals surface area contributed by atoms with Crippen LogP contribution in [0.3, 0.4) is 0 Å². The molecule has 1 aromatic rings. The zero-order chi connectivity index (χ0) is 10.2. The number of nitrogens with zero attached hydrogens (tertiary/aromatic N) is 1. The van der Waals surface area contributed by atoms with E-state index < -0.39 is 6.10 Å². The molecule has 4 heteroatoms. The molecule has 0 aliphatic carbocycles. The standard InChI is InChI=1S/C10H11NOS2/c11-8-13-6-9(12)7-14-10-4-2-1-3-5-10/h1-5,9,12H,6-7H2/t9-/m1/s1. The van der Waals surface area contributed by atoms with Crippen molar-refractivity contribution in [2.75, 3.05) is 11.5 Å². The molecule has 0 unspecified atom stereocenters. The van der Waals surface area contributed by atoms with E-state index in [0.29, 0.717) is 11.5 Å². The highest BCUT2D eigenvalue weighted by Crippen LogP contribution is 2.18. The summed E-state index contributed by atoms with van der Waals surface area (Å²) in [5.41, 5.74) is 0. The normalized spacial score (nSPS) is 12.0. The van der Waals surface area contributed by atoms with Crippen molar-refractivity contribution in [3.8, 4) is 5.40 Å². The van der Waals surface area contributed by atoms with E-state index >= 15 is 0 Å². The second kappa shape index (κ2) is 6.77. The summed E-state index contributed by atoms with van der Waals surface area (Å²) < 4.78 is 0. The molecule has 0 saturated heterocycles. The Hall–Kier alpha value is -0.630. The van der Waals surface area contributed by atoms with E-state index in [-0.39, 0.29) is 0 Å². The van der Waals surface area contributed by atoms with Gasteiger partial charge in [-0.25, -0.2) is 0 Å². The highest BCUT2D eigenvalue weighted by atomic mass is 32.2. The summed E-state index contributed by atoms with van der Waals surface area (Å²) in [7, 11) is 0. The van der Waals surface area contributed by atoms with E-state index in [1.165, 1.54) is 0 Å². The van der Waals surface area contributed by atoms with Crippen molar-refractivity contribution < 1.29 is 5.11 Å². The number of nitriles is 1. The fraction of sp³-hybridized carbons (Fsp3) is 0.300. The van der Waals surface area contributed by atoms with E-state index in [1.54, 1.807) is 11.8 Å². The number of thiocyanates is 1. The van der Waals surface area contributed by atoms with Gasteiger partial charge < -0.3 is 5.11 Å². The molecule has 1 rings (SSSR count). The third kappa shape index (κ3) is 4.56. The SMILES string of the molecule is N#CSC[C@@H](O)CSc1ccccc1. The third-order valence-electron chi connectivity index (χ3n) is 1.53. The van der Waals surface area contributed by atoms with Gasteiger partial charge in [0.25, 0.3) is 0 Å². The van der Waals surface area contributed by atoms with Gasteiger partial charge in [0, 0.05) is 16.4 Å². The van der Waals surface area contributed by atoms with Crippen LogP contribution >= 0.6 is 23.5 Å². The number of aliphatic hydroxyl groups is 1. The van der Waals surface area contributed by atoms with Crippen molar-refractivity contribution in [2.45, 2.75) is 11.0 Å². The molecule has 0 aromatic heterocycles. The van der Waals surface area contributed by atoms with Gasteiger partial charge in [-0.1, -0.05) is 18.2 Å². The summed E-state index contributed by atoms with van der Waals surface area (Å²) in [4.78, 5) is 1.15.